The maximum Gasteiger partial charge on any atom is 0.164 e. The van der Waals surface area contributed by atoms with E-state index in [1.165, 1.54) is 0 Å². The minimum Gasteiger partial charge on any atom is -0.497 e. The fourth-order valence-corrected chi connectivity index (χ4v) is 2.59. The number of benzene rings is 1. The zero-order valence-electron chi connectivity index (χ0n) is 13.8. The number of methoxy groups -OCH3 is 1. The number of pyridine rings is 1. The van der Waals surface area contributed by atoms with Crippen molar-refractivity contribution in [2.45, 2.75) is 0 Å². The second-order valence-electron chi connectivity index (χ2n) is 5.49. The van der Waals surface area contributed by atoms with E-state index in [1.807, 2.05) is 43.4 Å². The van der Waals surface area contributed by atoms with Crippen molar-refractivity contribution < 1.29 is 4.74 Å². The molecule has 3 heterocycles. The van der Waals surface area contributed by atoms with Crippen molar-refractivity contribution in [1.82, 2.24) is 24.7 Å². The Hall–Kier alpha value is -3.48. The van der Waals surface area contributed by atoms with E-state index in [9.17, 15) is 0 Å². The molecule has 3 aromatic heterocycles. The minimum atomic E-state index is 0.615. The molecule has 0 unspecified atom stereocenters. The van der Waals surface area contributed by atoms with Gasteiger partial charge in [0.1, 0.15) is 11.6 Å². The van der Waals surface area contributed by atoms with E-state index >= 15 is 0 Å². The molecule has 0 spiro atoms. The molecule has 1 aromatic carbocycles. The van der Waals surface area contributed by atoms with Crippen molar-refractivity contribution in [2.75, 3.05) is 12.4 Å². The summed E-state index contributed by atoms with van der Waals surface area (Å²) in [5, 5.41) is 8.50. The van der Waals surface area contributed by atoms with Crippen LogP contribution in [0.1, 0.15) is 0 Å². The molecule has 1 N–H and O–H groups in total. The SMILES string of the molecule is COc1cccc(Nc2nc(-c3ccncc3)nc3c2cnn3C)c1. The van der Waals surface area contributed by atoms with Gasteiger partial charge in [0.15, 0.2) is 11.5 Å². The fourth-order valence-electron chi connectivity index (χ4n) is 2.59. The van der Waals surface area contributed by atoms with Gasteiger partial charge in [0.05, 0.1) is 18.7 Å². The summed E-state index contributed by atoms with van der Waals surface area (Å²) >= 11 is 0. The van der Waals surface area contributed by atoms with Crippen molar-refractivity contribution in [3.8, 4) is 17.1 Å². The molecule has 0 radical (unpaired) electrons. The number of nitrogens with one attached hydrogen (secondary N) is 1. The largest absolute Gasteiger partial charge is 0.497 e. The summed E-state index contributed by atoms with van der Waals surface area (Å²) in [6.45, 7) is 0. The summed E-state index contributed by atoms with van der Waals surface area (Å²) in [6, 6.07) is 11.5. The van der Waals surface area contributed by atoms with Gasteiger partial charge in [0.25, 0.3) is 0 Å². The highest BCUT2D eigenvalue weighted by Crippen LogP contribution is 2.28. The molecule has 25 heavy (non-hydrogen) atoms. The van der Waals surface area contributed by atoms with E-state index in [-0.39, 0.29) is 0 Å². The normalized spacial score (nSPS) is 10.8. The van der Waals surface area contributed by atoms with Gasteiger partial charge in [-0.3, -0.25) is 9.67 Å². The van der Waals surface area contributed by atoms with Crippen LogP contribution < -0.4 is 10.1 Å². The lowest BCUT2D eigenvalue weighted by Gasteiger charge is -2.10. The van der Waals surface area contributed by atoms with Gasteiger partial charge in [-0.1, -0.05) is 6.07 Å². The highest BCUT2D eigenvalue weighted by molar-refractivity contribution is 5.90. The summed E-state index contributed by atoms with van der Waals surface area (Å²) in [7, 11) is 3.51. The second kappa shape index (κ2) is 6.20. The number of ether oxygens (including phenoxy) is 1. The number of rotatable bonds is 4. The number of fused-ring (bicyclic) bond motifs is 1. The molecule has 0 aliphatic rings. The van der Waals surface area contributed by atoms with E-state index in [0.717, 1.165) is 28.0 Å². The third kappa shape index (κ3) is 2.87. The van der Waals surface area contributed by atoms with E-state index in [2.05, 4.69) is 20.4 Å². The molecule has 4 rings (SSSR count). The number of nitrogens with zero attached hydrogens (tertiary/aromatic N) is 5. The molecular formula is C18H16N6O. The highest BCUT2D eigenvalue weighted by Gasteiger charge is 2.13. The number of aromatic nitrogens is 5. The Morgan fingerprint density at radius 2 is 1.92 bits per heavy atom. The summed E-state index contributed by atoms with van der Waals surface area (Å²) in [4.78, 5) is 13.4. The number of anilines is 2. The summed E-state index contributed by atoms with van der Waals surface area (Å²) < 4.78 is 7.02. The maximum absolute atomic E-state index is 5.28. The predicted octanol–water partition coefficient (Wildman–Crippen LogP) is 3.18. The van der Waals surface area contributed by atoms with Gasteiger partial charge in [-0.05, 0) is 24.3 Å². The molecule has 7 nitrogen and oxygen atoms in total. The Balaban J connectivity index is 1.84. The average molecular weight is 332 g/mol. The zero-order valence-corrected chi connectivity index (χ0v) is 13.8. The van der Waals surface area contributed by atoms with Crippen LogP contribution in [0.4, 0.5) is 11.5 Å². The average Bonchev–Trinajstić information content (AvgIpc) is 3.04. The fraction of sp³-hybridized carbons (Fsp3) is 0.111. The molecule has 0 aliphatic carbocycles. The van der Waals surface area contributed by atoms with Gasteiger partial charge in [-0.15, -0.1) is 0 Å². The quantitative estimate of drug-likeness (QED) is 0.618. The predicted molar refractivity (Wildman–Crippen MR) is 95.8 cm³/mol. The van der Waals surface area contributed by atoms with E-state index in [1.54, 1.807) is 30.4 Å². The third-order valence-corrected chi connectivity index (χ3v) is 3.86. The highest BCUT2D eigenvalue weighted by atomic mass is 16.5. The van der Waals surface area contributed by atoms with Crippen LogP contribution in [0.15, 0.2) is 55.0 Å². The Bertz CT molecular complexity index is 1030. The first-order valence-corrected chi connectivity index (χ1v) is 7.76. The van der Waals surface area contributed by atoms with Gasteiger partial charge in [0, 0.05) is 36.8 Å². The van der Waals surface area contributed by atoms with Crippen molar-refractivity contribution in [3.63, 3.8) is 0 Å². The number of hydrogen-bond donors (Lipinski definition) is 1. The van der Waals surface area contributed by atoms with Crippen LogP contribution in [0, 0.1) is 0 Å². The first kappa shape index (κ1) is 15.1. The van der Waals surface area contributed by atoms with Gasteiger partial charge in [-0.25, -0.2) is 9.97 Å². The Morgan fingerprint density at radius 1 is 1.08 bits per heavy atom. The molecule has 0 aliphatic heterocycles. The Labute approximate surface area is 144 Å². The Morgan fingerprint density at radius 3 is 2.72 bits per heavy atom. The minimum absolute atomic E-state index is 0.615. The Kier molecular flexibility index (Phi) is 3.74. The van der Waals surface area contributed by atoms with Crippen molar-refractivity contribution >= 4 is 22.5 Å². The molecule has 0 saturated heterocycles. The lowest BCUT2D eigenvalue weighted by molar-refractivity contribution is 0.415. The summed E-state index contributed by atoms with van der Waals surface area (Å²) in [5.74, 6) is 2.08. The van der Waals surface area contributed by atoms with Gasteiger partial charge >= 0.3 is 0 Å². The van der Waals surface area contributed by atoms with Gasteiger partial charge in [0.2, 0.25) is 0 Å². The first-order chi connectivity index (χ1) is 12.2. The molecule has 4 aromatic rings. The van der Waals surface area contributed by atoms with E-state index in [4.69, 9.17) is 9.72 Å². The monoisotopic (exact) mass is 332 g/mol. The standard InChI is InChI=1S/C18H16N6O/c1-24-18-15(11-20-24)17(21-13-4-3-5-14(10-13)25-2)22-16(23-18)12-6-8-19-9-7-12/h3-11H,1-2H3,(H,21,22,23). The smallest absolute Gasteiger partial charge is 0.164 e. The van der Waals surface area contributed by atoms with E-state index in [0.29, 0.717) is 11.6 Å². The van der Waals surface area contributed by atoms with Crippen LogP contribution in [0.3, 0.4) is 0 Å². The topological polar surface area (TPSA) is 77.8 Å². The first-order valence-electron chi connectivity index (χ1n) is 7.76. The van der Waals surface area contributed by atoms with Crippen LogP contribution in [0.5, 0.6) is 5.75 Å². The van der Waals surface area contributed by atoms with Crippen molar-refractivity contribution in [1.29, 1.82) is 0 Å². The van der Waals surface area contributed by atoms with Crippen LogP contribution in [-0.2, 0) is 7.05 Å². The molecule has 0 bridgehead atoms. The molecule has 0 atom stereocenters. The molecular weight excluding hydrogens is 316 g/mol. The molecule has 0 amide bonds. The summed E-state index contributed by atoms with van der Waals surface area (Å²) in [5.41, 5.74) is 2.53. The lowest BCUT2D eigenvalue weighted by Crippen LogP contribution is -2.01. The second-order valence-corrected chi connectivity index (χ2v) is 5.49. The summed E-state index contributed by atoms with van der Waals surface area (Å²) in [6.07, 6.45) is 5.21. The van der Waals surface area contributed by atoms with Crippen LogP contribution >= 0.6 is 0 Å². The van der Waals surface area contributed by atoms with Crippen molar-refractivity contribution in [2.24, 2.45) is 7.05 Å². The zero-order chi connectivity index (χ0) is 17.2. The lowest BCUT2D eigenvalue weighted by atomic mass is 10.2. The van der Waals surface area contributed by atoms with E-state index < -0.39 is 0 Å². The molecule has 124 valence electrons. The van der Waals surface area contributed by atoms with Crippen LogP contribution in [-0.4, -0.2) is 31.8 Å². The molecule has 0 fully saturated rings. The van der Waals surface area contributed by atoms with Crippen LogP contribution in [0.2, 0.25) is 0 Å². The maximum atomic E-state index is 5.28. The molecule has 7 heteroatoms. The molecule has 0 saturated carbocycles. The van der Waals surface area contributed by atoms with Gasteiger partial charge < -0.3 is 10.1 Å². The third-order valence-electron chi connectivity index (χ3n) is 3.86. The van der Waals surface area contributed by atoms with Crippen molar-refractivity contribution in [3.05, 3.63) is 55.0 Å². The number of aryl methyl sites for hydroxylation is 1. The number of hydrogen-bond acceptors (Lipinski definition) is 6. The van der Waals surface area contributed by atoms with Crippen LogP contribution in [0.25, 0.3) is 22.4 Å². The van der Waals surface area contributed by atoms with Gasteiger partial charge in [-0.2, -0.15) is 5.10 Å².